The van der Waals surface area contributed by atoms with Crippen LogP contribution in [0.15, 0.2) is 29.2 Å². The zero-order chi connectivity index (χ0) is 41.6. The highest BCUT2D eigenvalue weighted by Crippen LogP contribution is 2.42. The summed E-state index contributed by atoms with van der Waals surface area (Å²) in [5.74, 6) is -2.82. The van der Waals surface area contributed by atoms with Crippen molar-refractivity contribution in [1.29, 1.82) is 0 Å². The Balaban J connectivity index is 1.77. The Morgan fingerprint density at radius 1 is 0.909 bits per heavy atom. The minimum Gasteiger partial charge on any atom is -0.379 e. The molecule has 3 rings (SSSR count). The lowest BCUT2D eigenvalue weighted by Gasteiger charge is -2.41. The number of Topliss-reactive ketones (excluding diaryl/α,β-unsaturated/α-hetero) is 2. The second kappa shape index (κ2) is 19.6. The van der Waals surface area contributed by atoms with Crippen molar-refractivity contribution in [2.75, 3.05) is 47.7 Å². The first-order valence-corrected chi connectivity index (χ1v) is 21.8. The zero-order valence-electron chi connectivity index (χ0n) is 35.5. The van der Waals surface area contributed by atoms with Crippen LogP contribution in [-0.2, 0) is 44.0 Å². The number of likely N-dealkylation sites (tertiary alicyclic amines) is 1. The lowest BCUT2D eigenvalue weighted by Crippen LogP contribution is -2.54. The van der Waals surface area contributed by atoms with Crippen LogP contribution in [-0.4, -0.2) is 124 Å². The van der Waals surface area contributed by atoms with Crippen molar-refractivity contribution >= 4 is 33.2 Å². The molecular formula is C42H70N4O8S. The topological polar surface area (TPSA) is 157 Å². The van der Waals surface area contributed by atoms with Gasteiger partial charge in [0, 0.05) is 51.6 Å². The first kappa shape index (κ1) is 46.7. The molecule has 0 radical (unpaired) electrons. The molecule has 0 spiro atoms. The van der Waals surface area contributed by atoms with Gasteiger partial charge < -0.3 is 25.0 Å². The van der Waals surface area contributed by atoms with Crippen LogP contribution in [0, 0.1) is 29.6 Å². The first-order valence-electron chi connectivity index (χ1n) is 20.1. The van der Waals surface area contributed by atoms with Gasteiger partial charge in [-0.3, -0.25) is 24.1 Å². The van der Waals surface area contributed by atoms with E-state index in [1.165, 1.54) is 19.2 Å². The van der Waals surface area contributed by atoms with E-state index in [2.05, 4.69) is 0 Å². The fourth-order valence-corrected chi connectivity index (χ4v) is 9.98. The Kier molecular flexibility index (Phi) is 16.7. The SMILES string of the molecule is CC[C@H](C)[C@@H]([C@@H](CC(=O)N1CCC[C@H]1[C@H](OC)[C@@H](C)C(=O)CS(=O)(=O)c1ccc(C2(N)CC2)cc1)OC)N(C)C(=O)[C@@H](CC(=O)[C@H](C(C)C)N(C)C)C(C)C. The molecule has 2 aliphatic rings. The summed E-state index contributed by atoms with van der Waals surface area (Å²) in [5, 5.41) is 0. The molecule has 55 heavy (non-hydrogen) atoms. The van der Waals surface area contributed by atoms with Gasteiger partial charge in [-0.05, 0) is 75.2 Å². The normalized spacial score (nSPS) is 20.9. The summed E-state index contributed by atoms with van der Waals surface area (Å²) in [4.78, 5) is 61.0. The third kappa shape index (κ3) is 11.2. The molecule has 1 aromatic carbocycles. The maximum atomic E-state index is 14.3. The van der Waals surface area contributed by atoms with E-state index >= 15 is 0 Å². The number of likely N-dealkylation sites (N-methyl/N-ethyl adjacent to an activating group) is 2. The van der Waals surface area contributed by atoms with E-state index in [0.717, 1.165) is 24.8 Å². The van der Waals surface area contributed by atoms with Crippen molar-refractivity contribution in [3.8, 4) is 0 Å². The number of benzene rings is 1. The number of carbonyl (C=O) groups excluding carboxylic acids is 4. The van der Waals surface area contributed by atoms with Gasteiger partial charge in [-0.15, -0.1) is 0 Å². The van der Waals surface area contributed by atoms with Crippen molar-refractivity contribution in [1.82, 2.24) is 14.7 Å². The van der Waals surface area contributed by atoms with Crippen LogP contribution >= 0.6 is 0 Å². The highest BCUT2D eigenvalue weighted by molar-refractivity contribution is 7.92. The van der Waals surface area contributed by atoms with Crippen LogP contribution in [0.4, 0.5) is 0 Å². The molecular weight excluding hydrogens is 721 g/mol. The van der Waals surface area contributed by atoms with Crippen molar-refractivity contribution < 1.29 is 37.1 Å². The molecule has 0 bridgehead atoms. The van der Waals surface area contributed by atoms with E-state index in [-0.39, 0.29) is 59.1 Å². The number of amides is 2. The number of hydrogen-bond acceptors (Lipinski definition) is 10. The monoisotopic (exact) mass is 790 g/mol. The second-order valence-electron chi connectivity index (χ2n) is 17.2. The highest BCUT2D eigenvalue weighted by Gasteiger charge is 2.44. The Labute approximate surface area is 331 Å². The molecule has 1 aromatic rings. The standard InChI is InChI=1S/C42H70N4O8S/c1-13-28(6)39(45(10)41(50)32(26(2)3)23-34(47)38(27(4)5)44(8)9)36(53-11)24-37(49)46-22-14-15-33(46)40(54-12)29(7)35(48)25-55(51,52)31-18-16-30(17-19-31)42(43)20-21-42/h16-19,26-29,32-33,36,38-40H,13-15,20-25,43H2,1-12H3/t28-,29-,32-,33-,36+,38-,39-,40+/m0/s1. The number of methoxy groups -OCH3 is 2. The molecule has 1 saturated heterocycles. The molecule has 1 aliphatic heterocycles. The predicted octanol–water partition coefficient (Wildman–Crippen LogP) is 4.72. The van der Waals surface area contributed by atoms with E-state index in [1.54, 1.807) is 43.0 Å². The average molecular weight is 791 g/mol. The molecule has 1 saturated carbocycles. The van der Waals surface area contributed by atoms with Crippen molar-refractivity contribution in [2.24, 2.45) is 35.3 Å². The summed E-state index contributed by atoms with van der Waals surface area (Å²) in [6.45, 7) is 14.1. The maximum absolute atomic E-state index is 14.3. The Morgan fingerprint density at radius 2 is 1.51 bits per heavy atom. The number of sulfone groups is 1. The Bertz CT molecular complexity index is 1570. The minimum atomic E-state index is -3.92. The summed E-state index contributed by atoms with van der Waals surface area (Å²) in [6.07, 6.45) is 2.49. The molecule has 2 amide bonds. The number of rotatable bonds is 22. The van der Waals surface area contributed by atoms with Gasteiger partial charge in [0.05, 0.1) is 41.6 Å². The number of nitrogens with two attached hydrogens (primary N) is 1. The molecule has 312 valence electrons. The summed E-state index contributed by atoms with van der Waals surface area (Å²) in [5.41, 5.74) is 6.75. The molecule has 1 aliphatic carbocycles. The van der Waals surface area contributed by atoms with Gasteiger partial charge in [-0.25, -0.2) is 8.42 Å². The lowest BCUT2D eigenvalue weighted by atomic mass is 9.83. The number of ether oxygens (including phenoxy) is 2. The van der Waals surface area contributed by atoms with Gasteiger partial charge in [0.1, 0.15) is 5.75 Å². The van der Waals surface area contributed by atoms with Gasteiger partial charge in [-0.2, -0.15) is 0 Å². The van der Waals surface area contributed by atoms with Gasteiger partial charge in [0.15, 0.2) is 21.4 Å². The van der Waals surface area contributed by atoms with Crippen LogP contribution in [0.5, 0.6) is 0 Å². The lowest BCUT2D eigenvalue weighted by molar-refractivity contribution is -0.149. The van der Waals surface area contributed by atoms with Crippen LogP contribution in [0.25, 0.3) is 0 Å². The Hall–Kier alpha value is -2.71. The molecule has 12 nitrogen and oxygen atoms in total. The van der Waals surface area contributed by atoms with Gasteiger partial charge in [-0.1, -0.05) is 67.0 Å². The van der Waals surface area contributed by atoms with Crippen molar-refractivity contribution in [2.45, 2.75) is 134 Å². The fourth-order valence-electron chi connectivity index (χ4n) is 8.62. The van der Waals surface area contributed by atoms with Crippen LogP contribution < -0.4 is 5.73 Å². The number of carbonyl (C=O) groups is 4. The molecule has 2 N–H and O–H groups in total. The highest BCUT2D eigenvalue weighted by atomic mass is 32.2. The number of ketones is 2. The molecule has 1 heterocycles. The van der Waals surface area contributed by atoms with Gasteiger partial charge in [0.2, 0.25) is 11.8 Å². The van der Waals surface area contributed by atoms with E-state index in [9.17, 15) is 27.6 Å². The minimum absolute atomic E-state index is 0.00578. The zero-order valence-corrected chi connectivity index (χ0v) is 36.4. The molecule has 0 unspecified atom stereocenters. The average Bonchev–Trinajstić information content (AvgIpc) is 3.69. The van der Waals surface area contributed by atoms with E-state index < -0.39 is 63.0 Å². The van der Waals surface area contributed by atoms with Crippen molar-refractivity contribution in [3.05, 3.63) is 29.8 Å². The number of nitrogens with zero attached hydrogens (tertiary/aromatic N) is 3. The van der Waals surface area contributed by atoms with Crippen LogP contribution in [0.2, 0.25) is 0 Å². The van der Waals surface area contributed by atoms with Crippen LogP contribution in [0.3, 0.4) is 0 Å². The smallest absolute Gasteiger partial charge is 0.226 e. The second-order valence-corrected chi connectivity index (χ2v) is 19.2. The third-order valence-corrected chi connectivity index (χ3v) is 14.0. The van der Waals surface area contributed by atoms with Crippen molar-refractivity contribution in [3.63, 3.8) is 0 Å². The summed E-state index contributed by atoms with van der Waals surface area (Å²) in [6, 6.07) is 5.28. The van der Waals surface area contributed by atoms with Crippen LogP contribution in [0.1, 0.15) is 99.0 Å². The molecule has 0 aromatic heterocycles. The maximum Gasteiger partial charge on any atom is 0.226 e. The van der Waals surface area contributed by atoms with Gasteiger partial charge in [0.25, 0.3) is 0 Å². The third-order valence-electron chi connectivity index (χ3n) is 12.3. The van der Waals surface area contributed by atoms with Gasteiger partial charge >= 0.3 is 0 Å². The van der Waals surface area contributed by atoms with E-state index in [0.29, 0.717) is 19.4 Å². The predicted molar refractivity (Wildman–Crippen MR) is 215 cm³/mol. The largest absolute Gasteiger partial charge is 0.379 e. The Morgan fingerprint density at radius 3 is 1.98 bits per heavy atom. The fraction of sp³-hybridized carbons (Fsp3) is 0.762. The molecule has 8 atom stereocenters. The van der Waals surface area contributed by atoms with E-state index in [1.807, 2.05) is 60.5 Å². The quantitative estimate of drug-likeness (QED) is 0.175. The summed E-state index contributed by atoms with van der Waals surface area (Å²) < 4.78 is 38.5. The van der Waals surface area contributed by atoms with E-state index in [4.69, 9.17) is 15.2 Å². The molecule has 13 heteroatoms. The number of hydrogen-bond donors (Lipinski definition) is 1. The summed E-state index contributed by atoms with van der Waals surface area (Å²) in [7, 11) is 4.63. The summed E-state index contributed by atoms with van der Waals surface area (Å²) >= 11 is 0. The molecule has 2 fully saturated rings. The first-order chi connectivity index (χ1) is 25.6.